The summed E-state index contributed by atoms with van der Waals surface area (Å²) >= 11 is 6.07. The first-order chi connectivity index (χ1) is 5.29. The highest BCUT2D eigenvalue weighted by Crippen LogP contribution is 2.29. The van der Waals surface area contributed by atoms with Crippen LogP contribution < -0.4 is 0 Å². The Hall–Kier alpha value is 0.210. The average molecular weight is 193 g/mol. The normalized spacial score (nSPS) is 29.2. The lowest BCUT2D eigenvalue weighted by Crippen LogP contribution is -2.25. The van der Waals surface area contributed by atoms with E-state index in [1.54, 1.807) is 0 Å². The molecule has 12 heavy (non-hydrogen) atoms. The number of halogens is 1. The summed E-state index contributed by atoms with van der Waals surface area (Å²) in [7, 11) is 0. The van der Waals surface area contributed by atoms with Crippen molar-refractivity contribution in [1.82, 2.24) is 0 Å². The lowest BCUT2D eigenvalue weighted by molar-refractivity contribution is -0.139. The third kappa shape index (κ3) is 3.30. The summed E-state index contributed by atoms with van der Waals surface area (Å²) in [6.45, 7) is 8.48. The molecule has 0 bridgehead atoms. The molecular formula is C9H17ClO2. The van der Waals surface area contributed by atoms with Gasteiger partial charge in [-0.25, -0.2) is 0 Å². The van der Waals surface area contributed by atoms with Crippen molar-refractivity contribution in [3.8, 4) is 0 Å². The molecule has 1 fully saturated rings. The summed E-state index contributed by atoms with van der Waals surface area (Å²) in [5.41, 5.74) is 0. The van der Waals surface area contributed by atoms with Crippen LogP contribution >= 0.6 is 11.6 Å². The summed E-state index contributed by atoms with van der Waals surface area (Å²) in [6, 6.07) is 0. The fourth-order valence-electron chi connectivity index (χ4n) is 1.41. The molecule has 0 aromatic heterocycles. The van der Waals surface area contributed by atoms with Crippen molar-refractivity contribution >= 4 is 11.6 Å². The molecule has 0 spiro atoms. The van der Waals surface area contributed by atoms with Crippen LogP contribution in [0.5, 0.6) is 0 Å². The van der Waals surface area contributed by atoms with E-state index in [2.05, 4.69) is 0 Å². The van der Waals surface area contributed by atoms with Gasteiger partial charge in [-0.15, -0.1) is 11.6 Å². The van der Waals surface area contributed by atoms with Gasteiger partial charge in [-0.05, 0) is 34.1 Å². The molecular weight excluding hydrogens is 176 g/mol. The van der Waals surface area contributed by atoms with Crippen molar-refractivity contribution in [2.75, 3.05) is 6.61 Å². The largest absolute Gasteiger partial charge is 0.348 e. The van der Waals surface area contributed by atoms with Gasteiger partial charge >= 0.3 is 0 Å². The quantitative estimate of drug-likeness (QED) is 0.627. The SMILES string of the molecule is CC(C)(Cl)CC1COC(C)(C)O1. The second-order valence-corrected chi connectivity index (χ2v) is 5.40. The van der Waals surface area contributed by atoms with E-state index in [1.165, 1.54) is 0 Å². The molecule has 0 radical (unpaired) electrons. The third-order valence-electron chi connectivity index (χ3n) is 1.78. The van der Waals surface area contributed by atoms with Crippen LogP contribution in [0.15, 0.2) is 0 Å². The van der Waals surface area contributed by atoms with Crippen LogP contribution in [-0.2, 0) is 9.47 Å². The second kappa shape index (κ2) is 3.17. The number of hydrogen-bond donors (Lipinski definition) is 0. The summed E-state index contributed by atoms with van der Waals surface area (Å²) in [5, 5.41) is 0. The first kappa shape index (κ1) is 10.3. The average Bonchev–Trinajstić information content (AvgIpc) is 2.05. The Balaban J connectivity index is 2.39. The van der Waals surface area contributed by atoms with Gasteiger partial charge in [0.15, 0.2) is 5.79 Å². The van der Waals surface area contributed by atoms with Crippen molar-refractivity contribution < 1.29 is 9.47 Å². The van der Waals surface area contributed by atoms with Gasteiger partial charge in [0.05, 0.1) is 12.7 Å². The van der Waals surface area contributed by atoms with Crippen LogP contribution in [0, 0.1) is 0 Å². The van der Waals surface area contributed by atoms with E-state index < -0.39 is 5.79 Å². The smallest absolute Gasteiger partial charge is 0.163 e. The van der Waals surface area contributed by atoms with E-state index in [-0.39, 0.29) is 11.0 Å². The highest BCUT2D eigenvalue weighted by atomic mass is 35.5. The molecule has 0 aromatic rings. The Bertz CT molecular complexity index is 160. The van der Waals surface area contributed by atoms with Crippen molar-refractivity contribution in [1.29, 1.82) is 0 Å². The second-order valence-electron chi connectivity index (χ2n) is 4.37. The molecule has 0 aromatic carbocycles. The van der Waals surface area contributed by atoms with Crippen LogP contribution in [0.25, 0.3) is 0 Å². The van der Waals surface area contributed by atoms with Crippen molar-refractivity contribution in [2.45, 2.75) is 50.9 Å². The van der Waals surface area contributed by atoms with Crippen LogP contribution in [0.3, 0.4) is 0 Å². The molecule has 0 aliphatic carbocycles. The minimum atomic E-state index is -0.424. The Morgan fingerprint density at radius 1 is 1.50 bits per heavy atom. The predicted molar refractivity (Wildman–Crippen MR) is 49.5 cm³/mol. The Morgan fingerprint density at radius 2 is 2.08 bits per heavy atom. The van der Waals surface area contributed by atoms with E-state index >= 15 is 0 Å². The molecule has 1 aliphatic heterocycles. The topological polar surface area (TPSA) is 18.5 Å². The molecule has 1 rings (SSSR count). The highest BCUT2D eigenvalue weighted by molar-refractivity contribution is 6.23. The van der Waals surface area contributed by atoms with E-state index in [0.717, 1.165) is 6.42 Å². The summed E-state index contributed by atoms with van der Waals surface area (Å²) in [4.78, 5) is -0.200. The lowest BCUT2D eigenvalue weighted by atomic mass is 10.1. The number of alkyl halides is 1. The summed E-state index contributed by atoms with van der Waals surface area (Å²) in [5.74, 6) is -0.424. The van der Waals surface area contributed by atoms with Gasteiger partial charge in [0.2, 0.25) is 0 Å². The monoisotopic (exact) mass is 192 g/mol. The number of hydrogen-bond acceptors (Lipinski definition) is 2. The minimum Gasteiger partial charge on any atom is -0.348 e. The Morgan fingerprint density at radius 3 is 2.42 bits per heavy atom. The van der Waals surface area contributed by atoms with Gasteiger partial charge in [-0.1, -0.05) is 0 Å². The van der Waals surface area contributed by atoms with E-state index in [0.29, 0.717) is 6.61 Å². The highest BCUT2D eigenvalue weighted by Gasteiger charge is 2.35. The lowest BCUT2D eigenvalue weighted by Gasteiger charge is -2.21. The molecule has 1 aliphatic rings. The first-order valence-corrected chi connectivity index (χ1v) is 4.67. The van der Waals surface area contributed by atoms with E-state index in [9.17, 15) is 0 Å². The Kier molecular flexibility index (Phi) is 2.72. The van der Waals surface area contributed by atoms with Crippen LogP contribution in [0.4, 0.5) is 0 Å². The van der Waals surface area contributed by atoms with Crippen molar-refractivity contribution in [3.63, 3.8) is 0 Å². The van der Waals surface area contributed by atoms with Crippen LogP contribution in [0.2, 0.25) is 0 Å². The summed E-state index contributed by atoms with van der Waals surface area (Å²) in [6.07, 6.45) is 0.977. The zero-order chi connectivity index (χ0) is 9.41. The van der Waals surface area contributed by atoms with Crippen LogP contribution in [0.1, 0.15) is 34.1 Å². The van der Waals surface area contributed by atoms with E-state index in [1.807, 2.05) is 27.7 Å². The van der Waals surface area contributed by atoms with Gasteiger partial charge in [-0.3, -0.25) is 0 Å². The molecule has 0 saturated carbocycles. The predicted octanol–water partition coefficient (Wildman–Crippen LogP) is 2.55. The maximum Gasteiger partial charge on any atom is 0.163 e. The standard InChI is InChI=1S/C9H17ClO2/c1-8(2,10)5-7-6-11-9(3,4)12-7/h7H,5-6H2,1-4H3. The third-order valence-corrected chi connectivity index (χ3v) is 1.93. The maximum atomic E-state index is 6.07. The van der Waals surface area contributed by atoms with Gasteiger partial charge in [-0.2, -0.15) is 0 Å². The molecule has 2 nitrogen and oxygen atoms in total. The van der Waals surface area contributed by atoms with Gasteiger partial charge in [0, 0.05) is 4.87 Å². The molecule has 0 amide bonds. The fourth-order valence-corrected chi connectivity index (χ4v) is 1.58. The molecule has 1 heterocycles. The number of rotatable bonds is 2. The van der Waals surface area contributed by atoms with E-state index in [4.69, 9.17) is 21.1 Å². The Labute approximate surface area is 79.2 Å². The first-order valence-electron chi connectivity index (χ1n) is 4.29. The molecule has 1 atom stereocenters. The van der Waals surface area contributed by atoms with Gasteiger partial charge < -0.3 is 9.47 Å². The number of ether oxygens (including phenoxy) is 2. The summed E-state index contributed by atoms with van der Waals surface area (Å²) < 4.78 is 11.0. The molecule has 1 unspecified atom stereocenters. The maximum absolute atomic E-state index is 6.07. The fraction of sp³-hybridized carbons (Fsp3) is 1.00. The van der Waals surface area contributed by atoms with Gasteiger partial charge in [0.1, 0.15) is 0 Å². The molecule has 1 saturated heterocycles. The van der Waals surface area contributed by atoms with Crippen LogP contribution in [-0.4, -0.2) is 23.4 Å². The zero-order valence-electron chi connectivity index (χ0n) is 8.19. The van der Waals surface area contributed by atoms with Gasteiger partial charge in [0.25, 0.3) is 0 Å². The molecule has 72 valence electrons. The zero-order valence-corrected chi connectivity index (χ0v) is 8.94. The minimum absolute atomic E-state index is 0.146. The van der Waals surface area contributed by atoms with Crippen molar-refractivity contribution in [3.05, 3.63) is 0 Å². The molecule has 3 heteroatoms. The van der Waals surface area contributed by atoms with Crippen molar-refractivity contribution in [2.24, 2.45) is 0 Å². The molecule has 0 N–H and O–H groups in total.